The largest absolute Gasteiger partial charge is 0.385 e. The Kier molecular flexibility index (Phi) is 2.35. The predicted octanol–water partition coefficient (Wildman–Crippen LogP) is 1.85. The van der Waals surface area contributed by atoms with Gasteiger partial charge in [-0.05, 0) is 24.8 Å². The number of rotatable bonds is 2. The number of hydrogen-bond donors (Lipinski definition) is 1. The lowest BCUT2D eigenvalue weighted by molar-refractivity contribution is 0.0135. The average Bonchev–Trinajstić information content (AvgIpc) is 3.09. The molecule has 3 rings (SSSR count). The quantitative estimate of drug-likeness (QED) is 0.874. The highest BCUT2D eigenvalue weighted by molar-refractivity contribution is 7.91. The van der Waals surface area contributed by atoms with E-state index in [1.54, 1.807) is 24.3 Å². The molecule has 2 aliphatic rings. The van der Waals surface area contributed by atoms with E-state index in [9.17, 15) is 13.5 Å². The summed E-state index contributed by atoms with van der Waals surface area (Å²) < 4.78 is 23.9. The first kappa shape index (κ1) is 11.2. The fourth-order valence-corrected chi connectivity index (χ4v) is 4.39. The maximum absolute atomic E-state index is 12.0. The lowest BCUT2D eigenvalue weighted by Gasteiger charge is -2.34. The van der Waals surface area contributed by atoms with Gasteiger partial charge in [0.15, 0.2) is 9.84 Å². The summed E-state index contributed by atoms with van der Waals surface area (Å²) in [5.41, 5.74) is -0.318. The zero-order valence-corrected chi connectivity index (χ0v) is 10.4. The Labute approximate surface area is 101 Å². The van der Waals surface area contributed by atoms with Crippen LogP contribution in [0.4, 0.5) is 0 Å². The Balaban J connectivity index is 2.09. The van der Waals surface area contributed by atoms with Gasteiger partial charge in [0, 0.05) is 5.56 Å². The number of aliphatic hydroxyl groups is 1. The molecule has 1 heterocycles. The summed E-state index contributed by atoms with van der Waals surface area (Å²) in [6, 6.07) is 6.90. The van der Waals surface area contributed by atoms with E-state index in [0.29, 0.717) is 29.2 Å². The molecule has 3 nitrogen and oxygen atoms in total. The summed E-state index contributed by atoms with van der Waals surface area (Å²) in [5.74, 6) is 0.640. The van der Waals surface area contributed by atoms with E-state index in [-0.39, 0.29) is 5.75 Å². The van der Waals surface area contributed by atoms with Crippen molar-refractivity contribution in [2.24, 2.45) is 5.92 Å². The minimum atomic E-state index is -3.19. The maximum atomic E-state index is 12.0. The van der Waals surface area contributed by atoms with Gasteiger partial charge in [-0.1, -0.05) is 31.0 Å². The van der Waals surface area contributed by atoms with Crippen molar-refractivity contribution < 1.29 is 13.5 Å². The van der Waals surface area contributed by atoms with Crippen LogP contribution in [0, 0.1) is 5.92 Å². The molecular weight excluding hydrogens is 236 g/mol. The van der Waals surface area contributed by atoms with E-state index in [4.69, 9.17) is 0 Å². The minimum Gasteiger partial charge on any atom is -0.385 e. The maximum Gasteiger partial charge on any atom is 0.178 e. The Hall–Kier alpha value is -0.870. The number of fused-ring (bicyclic) bond motifs is 1. The first-order valence-electron chi connectivity index (χ1n) is 6.06. The Morgan fingerprint density at radius 2 is 2.00 bits per heavy atom. The van der Waals surface area contributed by atoms with Crippen LogP contribution >= 0.6 is 0 Å². The highest BCUT2D eigenvalue weighted by Crippen LogP contribution is 2.46. The molecule has 1 aliphatic carbocycles. The third-order valence-electron chi connectivity index (χ3n) is 3.83. The van der Waals surface area contributed by atoms with Crippen LogP contribution in [-0.4, -0.2) is 19.3 Å². The molecule has 0 spiro atoms. The lowest BCUT2D eigenvalue weighted by Crippen LogP contribution is -2.35. The topological polar surface area (TPSA) is 54.4 Å². The van der Waals surface area contributed by atoms with Crippen LogP contribution in [0.5, 0.6) is 0 Å². The van der Waals surface area contributed by atoms with Gasteiger partial charge in [0.25, 0.3) is 0 Å². The van der Waals surface area contributed by atoms with Crippen molar-refractivity contribution in [1.82, 2.24) is 0 Å². The van der Waals surface area contributed by atoms with Gasteiger partial charge in [0.1, 0.15) is 0 Å². The van der Waals surface area contributed by atoms with Gasteiger partial charge in [-0.2, -0.15) is 0 Å². The third-order valence-corrected chi connectivity index (χ3v) is 5.60. The molecule has 0 aromatic heterocycles. The van der Waals surface area contributed by atoms with Crippen molar-refractivity contribution in [3.8, 4) is 0 Å². The van der Waals surface area contributed by atoms with Gasteiger partial charge in [-0.3, -0.25) is 0 Å². The summed E-state index contributed by atoms with van der Waals surface area (Å²) in [6.07, 6.45) is 3.37. The van der Waals surface area contributed by atoms with Crippen molar-refractivity contribution in [2.45, 2.75) is 36.2 Å². The highest BCUT2D eigenvalue weighted by Gasteiger charge is 2.43. The standard InChI is InChI=1S/C13H16O3S/c14-13(9-10-5-6-10)7-8-17(15,16)12-4-2-1-3-11(12)13/h1-4,10,14H,5-9H2. The summed E-state index contributed by atoms with van der Waals surface area (Å²) in [4.78, 5) is 0.328. The van der Waals surface area contributed by atoms with Gasteiger partial charge in [0.05, 0.1) is 16.2 Å². The molecule has 1 saturated carbocycles. The second kappa shape index (κ2) is 3.56. The second-order valence-electron chi connectivity index (χ2n) is 5.24. The molecule has 1 fully saturated rings. The van der Waals surface area contributed by atoms with Gasteiger partial charge in [-0.15, -0.1) is 0 Å². The minimum absolute atomic E-state index is 0.0627. The summed E-state index contributed by atoms with van der Waals surface area (Å²) in [7, 11) is -3.19. The molecule has 1 atom stereocenters. The fourth-order valence-electron chi connectivity index (χ4n) is 2.68. The molecular formula is C13H16O3S. The van der Waals surface area contributed by atoms with E-state index < -0.39 is 15.4 Å². The third kappa shape index (κ3) is 1.89. The van der Waals surface area contributed by atoms with Gasteiger partial charge in [0.2, 0.25) is 0 Å². The van der Waals surface area contributed by atoms with Crippen LogP contribution in [-0.2, 0) is 15.4 Å². The van der Waals surface area contributed by atoms with Crippen molar-refractivity contribution in [3.63, 3.8) is 0 Å². The van der Waals surface area contributed by atoms with Crippen molar-refractivity contribution >= 4 is 9.84 Å². The van der Waals surface area contributed by atoms with E-state index in [1.165, 1.54) is 0 Å². The van der Waals surface area contributed by atoms with Crippen LogP contribution < -0.4 is 0 Å². The molecule has 1 aromatic carbocycles. The Morgan fingerprint density at radius 3 is 2.71 bits per heavy atom. The molecule has 4 heteroatoms. The van der Waals surface area contributed by atoms with E-state index in [1.807, 2.05) is 0 Å². The molecule has 0 radical (unpaired) electrons. The SMILES string of the molecule is O=S1(=O)CCC(O)(CC2CC2)c2ccccc21. The molecule has 0 saturated heterocycles. The van der Waals surface area contributed by atoms with Crippen LogP contribution in [0.2, 0.25) is 0 Å². The van der Waals surface area contributed by atoms with Crippen molar-refractivity contribution in [1.29, 1.82) is 0 Å². The molecule has 17 heavy (non-hydrogen) atoms. The van der Waals surface area contributed by atoms with Gasteiger partial charge in [-0.25, -0.2) is 8.42 Å². The summed E-state index contributed by atoms with van der Waals surface area (Å²) in [6.45, 7) is 0. The van der Waals surface area contributed by atoms with E-state index in [0.717, 1.165) is 12.8 Å². The Morgan fingerprint density at radius 1 is 1.29 bits per heavy atom. The second-order valence-corrected chi connectivity index (χ2v) is 7.32. The summed E-state index contributed by atoms with van der Waals surface area (Å²) in [5, 5.41) is 10.7. The lowest BCUT2D eigenvalue weighted by atomic mass is 9.85. The summed E-state index contributed by atoms with van der Waals surface area (Å²) >= 11 is 0. The molecule has 0 bridgehead atoms. The first-order valence-corrected chi connectivity index (χ1v) is 7.71. The number of sulfone groups is 1. The molecule has 1 aromatic rings. The van der Waals surface area contributed by atoms with Gasteiger partial charge >= 0.3 is 0 Å². The first-order chi connectivity index (χ1) is 8.01. The Bertz CT molecular complexity index is 546. The number of hydrogen-bond acceptors (Lipinski definition) is 3. The molecule has 1 unspecified atom stereocenters. The number of benzene rings is 1. The van der Waals surface area contributed by atoms with Crippen molar-refractivity contribution in [2.75, 3.05) is 5.75 Å². The molecule has 92 valence electrons. The zero-order chi connectivity index (χ0) is 12.1. The smallest absolute Gasteiger partial charge is 0.178 e. The van der Waals surface area contributed by atoms with Gasteiger partial charge < -0.3 is 5.11 Å². The normalized spacial score (nSPS) is 30.9. The van der Waals surface area contributed by atoms with Crippen LogP contribution in [0.15, 0.2) is 29.2 Å². The molecule has 1 N–H and O–H groups in total. The highest BCUT2D eigenvalue weighted by atomic mass is 32.2. The van der Waals surface area contributed by atoms with Crippen LogP contribution in [0.25, 0.3) is 0 Å². The fraction of sp³-hybridized carbons (Fsp3) is 0.538. The molecule has 0 amide bonds. The zero-order valence-electron chi connectivity index (χ0n) is 9.59. The predicted molar refractivity (Wildman–Crippen MR) is 64.3 cm³/mol. The van der Waals surface area contributed by atoms with E-state index >= 15 is 0 Å². The molecule has 1 aliphatic heterocycles. The van der Waals surface area contributed by atoms with Crippen LogP contribution in [0.1, 0.15) is 31.2 Å². The van der Waals surface area contributed by atoms with Crippen LogP contribution in [0.3, 0.4) is 0 Å². The average molecular weight is 252 g/mol. The monoisotopic (exact) mass is 252 g/mol. The van der Waals surface area contributed by atoms with E-state index in [2.05, 4.69) is 0 Å². The van der Waals surface area contributed by atoms with Crippen molar-refractivity contribution in [3.05, 3.63) is 29.8 Å².